The fraction of sp³-hybridized carbons (Fsp3) is 0.292. The highest BCUT2D eigenvalue weighted by Crippen LogP contribution is 2.38. The van der Waals surface area contributed by atoms with Crippen LogP contribution in [0.1, 0.15) is 35.1 Å². The Bertz CT molecular complexity index is 1150. The van der Waals surface area contributed by atoms with Crippen LogP contribution in [-0.4, -0.2) is 12.1 Å². The Morgan fingerprint density at radius 3 is 2.10 bits per heavy atom. The zero-order chi connectivity index (χ0) is 22.1. The molecule has 1 aromatic heterocycles. The van der Waals surface area contributed by atoms with Crippen LogP contribution in [0.2, 0.25) is 0 Å². The number of anilines is 2. The van der Waals surface area contributed by atoms with Crippen LogP contribution in [0, 0.1) is 11.6 Å². The first-order valence-electron chi connectivity index (χ1n) is 10.3. The topological polar surface area (TPSA) is 74.2 Å². The van der Waals surface area contributed by atoms with Crippen molar-refractivity contribution in [2.24, 2.45) is 0 Å². The minimum absolute atomic E-state index is 0.122. The van der Waals surface area contributed by atoms with Gasteiger partial charge in [0, 0.05) is 33.7 Å². The molecule has 2 aliphatic carbocycles. The van der Waals surface area contributed by atoms with E-state index in [0.717, 1.165) is 71.9 Å². The summed E-state index contributed by atoms with van der Waals surface area (Å²) in [6.45, 7) is 0. The first-order chi connectivity index (χ1) is 14.9. The summed E-state index contributed by atoms with van der Waals surface area (Å²) < 4.78 is 33.1. The van der Waals surface area contributed by atoms with Gasteiger partial charge in [0.2, 0.25) is 5.88 Å². The smallest absolute Gasteiger partial charge is 0.213 e. The summed E-state index contributed by atoms with van der Waals surface area (Å²) in [4.78, 5) is 4.05. The number of rotatable bonds is 2. The van der Waals surface area contributed by atoms with E-state index >= 15 is 0 Å². The highest BCUT2D eigenvalue weighted by molar-refractivity contribution is 9.10. The fourth-order valence-corrected chi connectivity index (χ4v) is 4.85. The minimum Gasteiger partial charge on any atom is -0.481 e. The van der Waals surface area contributed by atoms with Crippen molar-refractivity contribution in [1.29, 1.82) is 0 Å². The molecule has 31 heavy (non-hydrogen) atoms. The van der Waals surface area contributed by atoms with Crippen LogP contribution in [0.3, 0.4) is 0 Å². The van der Waals surface area contributed by atoms with E-state index in [9.17, 15) is 8.78 Å². The van der Waals surface area contributed by atoms with E-state index < -0.39 is 0 Å². The molecule has 0 aliphatic heterocycles. The van der Waals surface area contributed by atoms with Gasteiger partial charge in [-0.05, 0) is 100 Å². The van der Waals surface area contributed by atoms with Crippen molar-refractivity contribution in [3.8, 4) is 17.0 Å². The number of methoxy groups -OCH3 is 1. The molecule has 0 unspecified atom stereocenters. The third kappa shape index (κ3) is 4.11. The molecule has 5 rings (SSSR count). The van der Waals surface area contributed by atoms with Crippen LogP contribution in [0.4, 0.5) is 20.2 Å². The molecule has 2 aliphatic rings. The summed E-state index contributed by atoms with van der Waals surface area (Å²) in [6, 6.07) is 6.56. The first kappa shape index (κ1) is 21.6. The highest BCUT2D eigenvalue weighted by Gasteiger charge is 2.22. The maximum Gasteiger partial charge on any atom is 0.213 e. The van der Waals surface area contributed by atoms with Crippen LogP contribution < -0.4 is 16.2 Å². The molecule has 4 nitrogen and oxygen atoms in total. The second-order valence-electron chi connectivity index (χ2n) is 7.78. The molecular weight excluding hydrogens is 464 g/mol. The lowest BCUT2D eigenvalue weighted by Crippen LogP contribution is -2.00. The van der Waals surface area contributed by atoms with Crippen molar-refractivity contribution in [2.45, 2.75) is 38.5 Å². The van der Waals surface area contributed by atoms with Crippen molar-refractivity contribution >= 4 is 27.3 Å². The van der Waals surface area contributed by atoms with Gasteiger partial charge in [0.15, 0.2) is 0 Å². The van der Waals surface area contributed by atoms with Gasteiger partial charge in [0.05, 0.1) is 7.11 Å². The predicted molar refractivity (Wildman–Crippen MR) is 123 cm³/mol. The predicted octanol–water partition coefficient (Wildman–Crippen LogP) is 5.63. The van der Waals surface area contributed by atoms with E-state index in [1.54, 1.807) is 19.4 Å². The number of pyridine rings is 1. The molecule has 1 heterocycles. The fourth-order valence-electron chi connectivity index (χ4n) is 4.41. The summed E-state index contributed by atoms with van der Waals surface area (Å²) in [5, 5.41) is 0. The number of fused-ring (bicyclic) bond motifs is 2. The number of halogens is 3. The average molecular weight is 488 g/mol. The molecule has 2 aromatic carbocycles. The molecule has 0 fully saturated rings. The molecule has 162 valence electrons. The van der Waals surface area contributed by atoms with E-state index in [1.807, 2.05) is 6.07 Å². The van der Waals surface area contributed by atoms with Crippen molar-refractivity contribution < 1.29 is 13.5 Å². The van der Waals surface area contributed by atoms with Crippen LogP contribution in [0.5, 0.6) is 5.88 Å². The van der Waals surface area contributed by atoms with Crippen molar-refractivity contribution in [1.82, 2.24) is 4.98 Å². The van der Waals surface area contributed by atoms with Gasteiger partial charge in [-0.3, -0.25) is 0 Å². The number of aromatic nitrogens is 1. The van der Waals surface area contributed by atoms with Gasteiger partial charge < -0.3 is 16.2 Å². The standard InChI is InChI=1S/C15H15FN2O.C9H9BrFN/c1-19-14-7-9(5-6-18-14)12-8-13(16)10-3-2-4-11(10)15(12)17;10-7-4-8(11)5-2-1-3-6(5)9(7)12/h5-8H,2-4,17H2,1H3;4H,1-3,12H2. The summed E-state index contributed by atoms with van der Waals surface area (Å²) in [6.07, 6.45) is 7.01. The molecule has 4 N–H and O–H groups in total. The Morgan fingerprint density at radius 1 is 0.871 bits per heavy atom. The van der Waals surface area contributed by atoms with Crippen LogP contribution >= 0.6 is 15.9 Å². The minimum atomic E-state index is -0.160. The van der Waals surface area contributed by atoms with E-state index in [-0.39, 0.29) is 11.6 Å². The first-order valence-corrected chi connectivity index (χ1v) is 11.0. The van der Waals surface area contributed by atoms with E-state index in [2.05, 4.69) is 20.9 Å². The Morgan fingerprint density at radius 2 is 1.45 bits per heavy atom. The highest BCUT2D eigenvalue weighted by atomic mass is 79.9. The summed E-state index contributed by atoms with van der Waals surface area (Å²) in [5.74, 6) is 0.217. The lowest BCUT2D eigenvalue weighted by molar-refractivity contribution is 0.398. The largest absolute Gasteiger partial charge is 0.481 e. The maximum atomic E-state index is 14.1. The third-order valence-electron chi connectivity index (χ3n) is 5.99. The molecule has 0 saturated heterocycles. The maximum absolute atomic E-state index is 14.1. The van der Waals surface area contributed by atoms with Crippen molar-refractivity contribution in [3.63, 3.8) is 0 Å². The van der Waals surface area contributed by atoms with Crippen LogP contribution in [-0.2, 0) is 25.7 Å². The van der Waals surface area contributed by atoms with Crippen LogP contribution in [0.25, 0.3) is 11.1 Å². The lowest BCUT2D eigenvalue weighted by Gasteiger charge is -2.12. The van der Waals surface area contributed by atoms with Gasteiger partial charge in [-0.1, -0.05) is 0 Å². The molecular formula is C24H24BrF2N3O. The summed E-state index contributed by atoms with van der Waals surface area (Å²) >= 11 is 3.23. The Balaban J connectivity index is 0.000000166. The molecule has 7 heteroatoms. The lowest BCUT2D eigenvalue weighted by atomic mass is 9.98. The van der Waals surface area contributed by atoms with Gasteiger partial charge in [-0.2, -0.15) is 0 Å². The molecule has 0 amide bonds. The molecule has 3 aromatic rings. The van der Waals surface area contributed by atoms with Gasteiger partial charge >= 0.3 is 0 Å². The zero-order valence-corrected chi connectivity index (χ0v) is 18.9. The third-order valence-corrected chi connectivity index (χ3v) is 6.65. The number of ether oxygens (including phenoxy) is 1. The number of nitrogens with two attached hydrogens (primary N) is 2. The van der Waals surface area contributed by atoms with E-state index in [4.69, 9.17) is 16.2 Å². The molecule has 0 saturated carbocycles. The summed E-state index contributed by atoms with van der Waals surface area (Å²) in [5.41, 5.74) is 18.5. The van der Waals surface area contributed by atoms with Gasteiger partial charge in [0.1, 0.15) is 11.6 Å². The Kier molecular flexibility index (Phi) is 6.14. The average Bonchev–Trinajstić information content (AvgIpc) is 3.46. The number of hydrogen-bond donors (Lipinski definition) is 2. The molecule has 0 atom stereocenters. The van der Waals surface area contributed by atoms with Gasteiger partial charge in [0.25, 0.3) is 0 Å². The molecule has 0 bridgehead atoms. The van der Waals surface area contributed by atoms with Crippen molar-refractivity contribution in [2.75, 3.05) is 18.6 Å². The number of nitrogen functional groups attached to an aromatic ring is 2. The Labute approximate surface area is 188 Å². The second kappa shape index (κ2) is 8.83. The number of nitrogens with zero attached hydrogens (tertiary/aromatic N) is 1. The SMILES string of the molecule is COc1cc(-c2cc(F)c3c(c2N)CCC3)ccn1.Nc1c(Br)cc(F)c2c1CCC2. The molecule has 0 spiro atoms. The van der Waals surface area contributed by atoms with Crippen molar-refractivity contribution in [3.05, 3.63) is 68.8 Å². The number of benzene rings is 2. The quantitative estimate of drug-likeness (QED) is 0.459. The van der Waals surface area contributed by atoms with Crippen LogP contribution in [0.15, 0.2) is 34.9 Å². The summed E-state index contributed by atoms with van der Waals surface area (Å²) in [7, 11) is 1.55. The normalized spacial score (nSPS) is 13.9. The number of hydrogen-bond acceptors (Lipinski definition) is 4. The zero-order valence-electron chi connectivity index (χ0n) is 17.3. The monoisotopic (exact) mass is 487 g/mol. The molecule has 0 radical (unpaired) electrons. The second-order valence-corrected chi connectivity index (χ2v) is 8.64. The Hall–Kier alpha value is -2.67. The van der Waals surface area contributed by atoms with Gasteiger partial charge in [-0.25, -0.2) is 13.8 Å². The van der Waals surface area contributed by atoms with E-state index in [0.29, 0.717) is 21.7 Å². The van der Waals surface area contributed by atoms with Gasteiger partial charge in [-0.15, -0.1) is 0 Å². The van der Waals surface area contributed by atoms with E-state index in [1.165, 1.54) is 12.1 Å².